The molecule has 126 valence electrons. The second-order valence-corrected chi connectivity index (χ2v) is 16.0. The van der Waals surface area contributed by atoms with Gasteiger partial charge in [0.25, 0.3) is 0 Å². The third-order valence-electron chi connectivity index (χ3n) is 2.78. The Hall–Kier alpha value is 1.94. The van der Waals surface area contributed by atoms with Crippen LogP contribution in [0.3, 0.4) is 0 Å². The fraction of sp³-hybridized carbons (Fsp3) is 0.143. The molecule has 4 heterocycles. The molecular formula is C14H10S10. The van der Waals surface area contributed by atoms with E-state index in [1.807, 2.05) is 94.1 Å². The maximum atomic E-state index is 2.27. The SMILES string of the molecule is CSC1=C(SC)SC(=C2SC3=C(SC(=CC=C4SC=CS4)S3)S2)S1. The minimum atomic E-state index is 1.36. The van der Waals surface area contributed by atoms with Crippen molar-refractivity contribution < 1.29 is 0 Å². The number of thioether (sulfide) groups is 10. The second kappa shape index (κ2) is 8.96. The van der Waals surface area contributed by atoms with Gasteiger partial charge in [0.05, 0.1) is 29.7 Å². The Morgan fingerprint density at radius 2 is 1.08 bits per heavy atom. The Morgan fingerprint density at radius 3 is 1.62 bits per heavy atom. The Balaban J connectivity index is 1.40. The molecule has 0 aromatic heterocycles. The first-order chi connectivity index (χ1) is 11.8. The molecule has 0 radical (unpaired) electrons. The highest BCUT2D eigenvalue weighted by Crippen LogP contribution is 2.70. The second-order valence-electron chi connectivity index (χ2n) is 4.22. The van der Waals surface area contributed by atoms with Crippen LogP contribution >= 0.6 is 118 Å². The summed E-state index contributed by atoms with van der Waals surface area (Å²) in [6.45, 7) is 0. The van der Waals surface area contributed by atoms with Crippen LogP contribution in [-0.2, 0) is 0 Å². The Kier molecular flexibility index (Phi) is 7.19. The Morgan fingerprint density at radius 1 is 0.625 bits per heavy atom. The van der Waals surface area contributed by atoms with Gasteiger partial charge < -0.3 is 0 Å². The highest BCUT2D eigenvalue weighted by molar-refractivity contribution is 8.49. The van der Waals surface area contributed by atoms with Crippen LogP contribution in [0.2, 0.25) is 0 Å². The first-order valence-corrected chi connectivity index (χ1v) is 15.7. The third kappa shape index (κ3) is 4.33. The van der Waals surface area contributed by atoms with E-state index in [0.29, 0.717) is 0 Å². The van der Waals surface area contributed by atoms with Gasteiger partial charge in [0, 0.05) is 4.24 Å². The molecule has 0 aliphatic carbocycles. The minimum Gasteiger partial charge on any atom is -0.121 e. The van der Waals surface area contributed by atoms with Crippen LogP contribution in [0.5, 0.6) is 0 Å². The molecule has 0 amide bonds. The standard InChI is InChI=1S/C14H10S10/c1-15-9-10(16-2)22-13(21-9)14-23-11-12(24-14)20-8(19-11)4-3-7-17-5-6-18-7/h3-6H,1-2H3. The van der Waals surface area contributed by atoms with Crippen molar-refractivity contribution in [2.24, 2.45) is 0 Å². The van der Waals surface area contributed by atoms with Crippen molar-refractivity contribution in [2.75, 3.05) is 12.5 Å². The summed E-state index contributed by atoms with van der Waals surface area (Å²) < 4.78 is 11.5. The van der Waals surface area contributed by atoms with E-state index in [1.54, 1.807) is 23.5 Å². The van der Waals surface area contributed by atoms with E-state index >= 15 is 0 Å². The van der Waals surface area contributed by atoms with E-state index in [2.05, 4.69) is 35.5 Å². The molecule has 0 spiro atoms. The van der Waals surface area contributed by atoms with Gasteiger partial charge in [-0.15, -0.1) is 23.5 Å². The fourth-order valence-corrected chi connectivity index (χ4v) is 14.8. The van der Waals surface area contributed by atoms with Crippen LogP contribution in [0.1, 0.15) is 0 Å². The maximum absolute atomic E-state index is 2.27. The van der Waals surface area contributed by atoms with Gasteiger partial charge in [-0.1, -0.05) is 94.1 Å². The average molecular weight is 499 g/mol. The summed E-state index contributed by atoms with van der Waals surface area (Å²) in [4.78, 5) is 0. The van der Waals surface area contributed by atoms with Crippen LogP contribution < -0.4 is 0 Å². The molecule has 0 aromatic carbocycles. The Labute approximate surface area is 185 Å². The predicted octanol–water partition coefficient (Wildman–Crippen LogP) is 9.17. The summed E-state index contributed by atoms with van der Waals surface area (Å²) in [5.74, 6) is 0. The summed E-state index contributed by atoms with van der Waals surface area (Å²) in [6.07, 6.45) is 8.85. The average Bonchev–Trinajstić information content (AvgIpc) is 3.33. The van der Waals surface area contributed by atoms with Gasteiger partial charge >= 0.3 is 0 Å². The number of rotatable bonds is 3. The van der Waals surface area contributed by atoms with Crippen molar-refractivity contribution in [3.8, 4) is 0 Å². The summed E-state index contributed by atoms with van der Waals surface area (Å²) in [5, 5.41) is 4.28. The number of allylic oxidation sites excluding steroid dienone is 2. The van der Waals surface area contributed by atoms with Crippen molar-refractivity contribution in [2.45, 2.75) is 0 Å². The highest BCUT2D eigenvalue weighted by atomic mass is 32.3. The summed E-state index contributed by atoms with van der Waals surface area (Å²) in [6, 6.07) is 0. The predicted molar refractivity (Wildman–Crippen MR) is 134 cm³/mol. The van der Waals surface area contributed by atoms with Gasteiger partial charge in [-0.3, -0.25) is 0 Å². The van der Waals surface area contributed by atoms with Gasteiger partial charge in [-0.25, -0.2) is 0 Å². The zero-order valence-corrected chi connectivity index (χ0v) is 20.6. The quantitative estimate of drug-likeness (QED) is 0.367. The Bertz CT molecular complexity index is 702. The lowest BCUT2D eigenvalue weighted by molar-refractivity contribution is 2.05. The molecule has 0 aromatic rings. The van der Waals surface area contributed by atoms with E-state index in [9.17, 15) is 0 Å². The maximum Gasteiger partial charge on any atom is 0.0718 e. The third-order valence-corrected chi connectivity index (χ3v) is 16.1. The first kappa shape index (κ1) is 19.3. The number of hydrogen-bond acceptors (Lipinski definition) is 10. The zero-order valence-electron chi connectivity index (χ0n) is 12.4. The molecule has 24 heavy (non-hydrogen) atoms. The molecule has 0 nitrogen and oxygen atoms in total. The van der Waals surface area contributed by atoms with Gasteiger partial charge in [0.15, 0.2) is 0 Å². The lowest BCUT2D eigenvalue weighted by atomic mass is 10.6. The van der Waals surface area contributed by atoms with Crippen molar-refractivity contribution in [1.29, 1.82) is 0 Å². The topological polar surface area (TPSA) is 0 Å². The normalized spacial score (nSPS) is 23.2. The molecule has 0 atom stereocenters. The fourth-order valence-electron chi connectivity index (χ4n) is 1.79. The molecule has 0 unspecified atom stereocenters. The molecule has 4 aliphatic heterocycles. The molecule has 4 aliphatic rings. The van der Waals surface area contributed by atoms with E-state index in [-0.39, 0.29) is 0 Å². The van der Waals surface area contributed by atoms with Crippen LogP contribution in [-0.4, -0.2) is 12.5 Å². The molecular weight excluding hydrogens is 489 g/mol. The molecule has 0 saturated carbocycles. The van der Waals surface area contributed by atoms with E-state index in [0.717, 1.165) is 0 Å². The van der Waals surface area contributed by atoms with Gasteiger partial charge in [-0.2, -0.15) is 0 Å². The van der Waals surface area contributed by atoms with Gasteiger partial charge in [0.1, 0.15) is 0 Å². The highest BCUT2D eigenvalue weighted by Gasteiger charge is 2.34. The van der Waals surface area contributed by atoms with Crippen LogP contribution in [0, 0.1) is 0 Å². The summed E-state index contributed by atoms with van der Waals surface area (Å²) in [7, 11) is 0. The largest absolute Gasteiger partial charge is 0.121 e. The first-order valence-electron chi connectivity index (χ1n) is 6.55. The minimum absolute atomic E-state index is 1.36. The lowest BCUT2D eigenvalue weighted by Gasteiger charge is -2.05. The van der Waals surface area contributed by atoms with Crippen molar-refractivity contribution in [1.82, 2.24) is 0 Å². The molecule has 0 fully saturated rings. The van der Waals surface area contributed by atoms with E-state index in [1.165, 1.54) is 33.9 Å². The van der Waals surface area contributed by atoms with Crippen LogP contribution in [0.4, 0.5) is 0 Å². The van der Waals surface area contributed by atoms with Gasteiger partial charge in [0.2, 0.25) is 0 Å². The molecule has 10 heteroatoms. The van der Waals surface area contributed by atoms with Gasteiger partial charge in [-0.05, 0) is 35.5 Å². The number of hydrogen-bond donors (Lipinski definition) is 0. The van der Waals surface area contributed by atoms with Crippen molar-refractivity contribution in [3.63, 3.8) is 0 Å². The smallest absolute Gasteiger partial charge is 0.0718 e. The molecule has 0 saturated heterocycles. The lowest BCUT2D eigenvalue weighted by Crippen LogP contribution is -1.70. The van der Waals surface area contributed by atoms with Crippen LogP contribution in [0.25, 0.3) is 0 Å². The van der Waals surface area contributed by atoms with E-state index < -0.39 is 0 Å². The van der Waals surface area contributed by atoms with Crippen molar-refractivity contribution in [3.05, 3.63) is 56.9 Å². The molecule has 0 N–H and O–H groups in total. The van der Waals surface area contributed by atoms with Crippen LogP contribution in [0.15, 0.2) is 56.9 Å². The zero-order chi connectivity index (χ0) is 16.5. The summed E-state index contributed by atoms with van der Waals surface area (Å²) in [5.41, 5.74) is 0. The van der Waals surface area contributed by atoms with E-state index in [4.69, 9.17) is 0 Å². The van der Waals surface area contributed by atoms with Crippen molar-refractivity contribution >= 4 is 118 Å². The molecule has 4 rings (SSSR count). The summed E-state index contributed by atoms with van der Waals surface area (Å²) >= 11 is 19.0. The monoisotopic (exact) mass is 498 g/mol. The molecule has 0 bridgehead atoms.